The molecule has 2 heteroatoms. The van der Waals surface area contributed by atoms with Crippen molar-refractivity contribution in [3.8, 4) is 0 Å². The third-order valence-electron chi connectivity index (χ3n) is 3.42. The second kappa shape index (κ2) is 3.95. The Bertz CT molecular complexity index is 325. The van der Waals surface area contributed by atoms with Crippen molar-refractivity contribution in [3.63, 3.8) is 0 Å². The molecule has 1 aromatic carbocycles. The number of ether oxygens (including phenoxy) is 1. The van der Waals surface area contributed by atoms with E-state index in [4.69, 9.17) is 4.74 Å². The van der Waals surface area contributed by atoms with Crippen molar-refractivity contribution in [2.45, 2.75) is 25.0 Å². The number of epoxide rings is 1. The lowest BCUT2D eigenvalue weighted by molar-refractivity contribution is 0.248. The zero-order valence-electron chi connectivity index (χ0n) is 8.93. The van der Waals surface area contributed by atoms with Crippen molar-refractivity contribution in [2.75, 3.05) is 19.6 Å². The van der Waals surface area contributed by atoms with E-state index in [2.05, 4.69) is 35.2 Å². The van der Waals surface area contributed by atoms with Gasteiger partial charge in [0.1, 0.15) is 0 Å². The molecule has 80 valence electrons. The van der Waals surface area contributed by atoms with Gasteiger partial charge in [0.05, 0.1) is 12.2 Å². The van der Waals surface area contributed by atoms with Gasteiger partial charge in [-0.05, 0) is 18.4 Å². The van der Waals surface area contributed by atoms with Gasteiger partial charge in [-0.2, -0.15) is 0 Å². The Morgan fingerprint density at radius 2 is 2.07 bits per heavy atom. The molecule has 2 fully saturated rings. The second-order valence-electron chi connectivity index (χ2n) is 4.54. The third-order valence-corrected chi connectivity index (χ3v) is 3.42. The predicted octanol–water partition coefficient (Wildman–Crippen LogP) is 1.70. The topological polar surface area (TPSA) is 15.8 Å². The number of rotatable bonds is 3. The van der Waals surface area contributed by atoms with E-state index in [9.17, 15) is 0 Å². The van der Waals surface area contributed by atoms with Gasteiger partial charge in [-0.25, -0.2) is 0 Å². The second-order valence-corrected chi connectivity index (χ2v) is 4.54. The summed E-state index contributed by atoms with van der Waals surface area (Å²) in [5.41, 5.74) is 1.44. The van der Waals surface area contributed by atoms with Crippen LogP contribution in [0.3, 0.4) is 0 Å². The molecular formula is C13H17NO. The van der Waals surface area contributed by atoms with Crippen LogP contribution in [-0.4, -0.2) is 36.7 Å². The molecule has 2 aliphatic rings. The average molecular weight is 203 g/mol. The van der Waals surface area contributed by atoms with Gasteiger partial charge >= 0.3 is 0 Å². The molecule has 2 aliphatic heterocycles. The van der Waals surface area contributed by atoms with Crippen LogP contribution in [0.5, 0.6) is 0 Å². The maximum atomic E-state index is 5.52. The van der Waals surface area contributed by atoms with Crippen LogP contribution in [0.2, 0.25) is 0 Å². The molecule has 2 saturated heterocycles. The first-order valence-electron chi connectivity index (χ1n) is 5.83. The summed E-state index contributed by atoms with van der Waals surface area (Å²) in [5, 5.41) is 0. The van der Waals surface area contributed by atoms with Gasteiger partial charge in [-0.15, -0.1) is 0 Å². The number of piperidine rings is 1. The standard InChI is InChI=1S/C13H17NO/c1-2-4-11(5-3-1)6-8-14-9-7-12-13(10-14)15-12/h1-5,12-13H,6-10H2/t12-,13+/m1/s1. The van der Waals surface area contributed by atoms with Crippen LogP contribution in [0.15, 0.2) is 30.3 Å². The first kappa shape index (κ1) is 9.37. The fourth-order valence-corrected chi connectivity index (χ4v) is 2.38. The highest BCUT2D eigenvalue weighted by Crippen LogP contribution is 2.30. The predicted molar refractivity (Wildman–Crippen MR) is 59.9 cm³/mol. The van der Waals surface area contributed by atoms with Crippen molar-refractivity contribution in [1.82, 2.24) is 4.90 Å². The molecule has 0 N–H and O–H groups in total. The number of likely N-dealkylation sites (tertiary alicyclic amines) is 1. The molecule has 0 saturated carbocycles. The monoisotopic (exact) mass is 203 g/mol. The Hall–Kier alpha value is -0.860. The summed E-state index contributed by atoms with van der Waals surface area (Å²) in [6.07, 6.45) is 3.57. The van der Waals surface area contributed by atoms with Crippen LogP contribution < -0.4 is 0 Å². The number of hydrogen-bond donors (Lipinski definition) is 0. The van der Waals surface area contributed by atoms with Crippen LogP contribution in [0.25, 0.3) is 0 Å². The van der Waals surface area contributed by atoms with Crippen LogP contribution in [-0.2, 0) is 11.2 Å². The molecule has 0 aliphatic carbocycles. The van der Waals surface area contributed by atoms with Gasteiger partial charge in [0.2, 0.25) is 0 Å². The van der Waals surface area contributed by atoms with Crippen molar-refractivity contribution >= 4 is 0 Å². The normalized spacial score (nSPS) is 29.9. The van der Waals surface area contributed by atoms with E-state index in [1.165, 1.54) is 25.1 Å². The molecule has 2 atom stereocenters. The van der Waals surface area contributed by atoms with Crippen molar-refractivity contribution in [2.24, 2.45) is 0 Å². The molecule has 1 aromatic rings. The molecule has 0 aromatic heterocycles. The van der Waals surface area contributed by atoms with Gasteiger partial charge < -0.3 is 9.64 Å². The van der Waals surface area contributed by atoms with E-state index in [1.54, 1.807) is 0 Å². The molecule has 15 heavy (non-hydrogen) atoms. The zero-order chi connectivity index (χ0) is 10.1. The summed E-state index contributed by atoms with van der Waals surface area (Å²) in [4.78, 5) is 2.53. The maximum Gasteiger partial charge on any atom is 0.0968 e. The summed E-state index contributed by atoms with van der Waals surface area (Å²) in [5.74, 6) is 0. The Morgan fingerprint density at radius 1 is 1.20 bits per heavy atom. The summed E-state index contributed by atoms with van der Waals surface area (Å²) < 4.78 is 5.52. The smallest absolute Gasteiger partial charge is 0.0968 e. The van der Waals surface area contributed by atoms with E-state index >= 15 is 0 Å². The molecular weight excluding hydrogens is 186 g/mol. The fourth-order valence-electron chi connectivity index (χ4n) is 2.38. The molecule has 3 rings (SSSR count). The lowest BCUT2D eigenvalue weighted by atomic mass is 10.1. The Balaban J connectivity index is 1.49. The maximum absolute atomic E-state index is 5.52. The van der Waals surface area contributed by atoms with Crippen LogP contribution in [0.4, 0.5) is 0 Å². The molecule has 0 spiro atoms. The quantitative estimate of drug-likeness (QED) is 0.695. The molecule has 0 unspecified atom stereocenters. The molecule has 0 amide bonds. The molecule has 0 bridgehead atoms. The average Bonchev–Trinajstić information content (AvgIpc) is 3.06. The lowest BCUT2D eigenvalue weighted by Gasteiger charge is -2.23. The molecule has 2 heterocycles. The minimum atomic E-state index is 0.564. The highest BCUT2D eigenvalue weighted by molar-refractivity contribution is 5.15. The van der Waals surface area contributed by atoms with Crippen LogP contribution in [0, 0.1) is 0 Å². The lowest BCUT2D eigenvalue weighted by Crippen LogP contribution is -2.35. The largest absolute Gasteiger partial charge is 0.368 e. The minimum absolute atomic E-state index is 0.564. The summed E-state index contributed by atoms with van der Waals surface area (Å²) >= 11 is 0. The Morgan fingerprint density at radius 3 is 2.87 bits per heavy atom. The van der Waals surface area contributed by atoms with Gasteiger partial charge in [-0.3, -0.25) is 0 Å². The summed E-state index contributed by atoms with van der Waals surface area (Å²) in [7, 11) is 0. The van der Waals surface area contributed by atoms with E-state index in [-0.39, 0.29) is 0 Å². The van der Waals surface area contributed by atoms with E-state index < -0.39 is 0 Å². The fraction of sp³-hybridized carbons (Fsp3) is 0.538. The van der Waals surface area contributed by atoms with Crippen LogP contribution >= 0.6 is 0 Å². The zero-order valence-corrected chi connectivity index (χ0v) is 8.93. The number of benzene rings is 1. The van der Waals surface area contributed by atoms with E-state index in [1.807, 2.05) is 0 Å². The van der Waals surface area contributed by atoms with Crippen molar-refractivity contribution in [1.29, 1.82) is 0 Å². The van der Waals surface area contributed by atoms with Gasteiger partial charge in [-0.1, -0.05) is 30.3 Å². The Kier molecular flexibility index (Phi) is 2.47. The van der Waals surface area contributed by atoms with Crippen molar-refractivity contribution < 1.29 is 4.74 Å². The summed E-state index contributed by atoms with van der Waals surface area (Å²) in [6.45, 7) is 3.54. The third kappa shape index (κ3) is 2.21. The molecule has 2 nitrogen and oxygen atoms in total. The van der Waals surface area contributed by atoms with Gasteiger partial charge in [0.15, 0.2) is 0 Å². The molecule has 0 radical (unpaired) electrons. The minimum Gasteiger partial charge on any atom is -0.368 e. The van der Waals surface area contributed by atoms with E-state index in [0.717, 1.165) is 13.0 Å². The van der Waals surface area contributed by atoms with E-state index in [0.29, 0.717) is 12.2 Å². The highest BCUT2D eigenvalue weighted by atomic mass is 16.6. The van der Waals surface area contributed by atoms with Gasteiger partial charge in [0, 0.05) is 19.6 Å². The summed E-state index contributed by atoms with van der Waals surface area (Å²) in [6, 6.07) is 10.7. The number of fused-ring (bicyclic) bond motifs is 1. The first-order chi connectivity index (χ1) is 7.42. The van der Waals surface area contributed by atoms with Crippen LogP contribution in [0.1, 0.15) is 12.0 Å². The van der Waals surface area contributed by atoms with Crippen molar-refractivity contribution in [3.05, 3.63) is 35.9 Å². The first-order valence-corrected chi connectivity index (χ1v) is 5.83. The number of hydrogen-bond acceptors (Lipinski definition) is 2. The van der Waals surface area contributed by atoms with Gasteiger partial charge in [0.25, 0.3) is 0 Å². The SMILES string of the molecule is c1ccc(CCN2CC[C@H]3O[C@H]3C2)cc1. The Labute approximate surface area is 90.8 Å². The highest BCUT2D eigenvalue weighted by Gasteiger charge is 2.42. The number of nitrogens with zero attached hydrogens (tertiary/aromatic N) is 1.